The number of aromatic nitrogens is 1. The average Bonchev–Trinajstić information content (AvgIpc) is 3.02. The van der Waals surface area contributed by atoms with Crippen LogP contribution in [0.25, 0.3) is 11.1 Å². The third-order valence-corrected chi connectivity index (χ3v) is 3.97. The van der Waals surface area contributed by atoms with Gasteiger partial charge in [0.15, 0.2) is 5.58 Å². The number of hydrogen-bond donors (Lipinski definition) is 2. The molecular weight excluding hydrogens is 271 g/mol. The van der Waals surface area contributed by atoms with Gasteiger partial charge in [0, 0.05) is 5.69 Å². The molecular formula is C16H13FN2O2. The largest absolute Gasteiger partial charge is 0.417 e. The first kappa shape index (κ1) is 12.2. The summed E-state index contributed by atoms with van der Waals surface area (Å²) in [4.78, 5) is 13.8. The zero-order valence-electron chi connectivity index (χ0n) is 11.2. The lowest BCUT2D eigenvalue weighted by molar-refractivity contribution is 0.555. The van der Waals surface area contributed by atoms with Gasteiger partial charge in [-0.3, -0.25) is 4.98 Å². The smallest absolute Gasteiger partial charge is 0.408 e. The molecule has 4 rings (SSSR count). The van der Waals surface area contributed by atoms with Gasteiger partial charge >= 0.3 is 5.76 Å². The standard InChI is InChI=1S/C16H13FN2O2/c17-12-3-1-2-11-10(12)5-6-13(11)18-9-4-7-15-14(8-9)19-16(20)21-15/h1-4,7-8,13,18H,5-6H2,(H,19,20). The normalized spacial score (nSPS) is 17.1. The van der Waals surface area contributed by atoms with Crippen LogP contribution in [-0.2, 0) is 6.42 Å². The fourth-order valence-electron chi connectivity index (χ4n) is 3.00. The molecule has 1 aliphatic rings. The maximum atomic E-state index is 13.7. The first-order valence-electron chi connectivity index (χ1n) is 6.87. The molecule has 1 aliphatic carbocycles. The van der Waals surface area contributed by atoms with E-state index in [4.69, 9.17) is 4.42 Å². The monoisotopic (exact) mass is 284 g/mol. The Balaban J connectivity index is 1.67. The number of benzene rings is 2. The minimum Gasteiger partial charge on any atom is -0.408 e. The molecule has 0 saturated heterocycles. The van der Waals surface area contributed by atoms with Crippen molar-refractivity contribution in [1.82, 2.24) is 4.98 Å². The van der Waals surface area contributed by atoms with Gasteiger partial charge in [-0.2, -0.15) is 0 Å². The third kappa shape index (κ3) is 2.01. The quantitative estimate of drug-likeness (QED) is 0.758. The third-order valence-electron chi connectivity index (χ3n) is 3.97. The number of oxazole rings is 1. The summed E-state index contributed by atoms with van der Waals surface area (Å²) in [6.45, 7) is 0. The SMILES string of the molecule is O=c1[nH]c2cc(NC3CCc4c(F)cccc43)ccc2o1. The zero-order valence-corrected chi connectivity index (χ0v) is 11.2. The second-order valence-electron chi connectivity index (χ2n) is 5.27. The van der Waals surface area contributed by atoms with E-state index in [2.05, 4.69) is 10.3 Å². The molecule has 0 amide bonds. The van der Waals surface area contributed by atoms with Crippen molar-refractivity contribution >= 4 is 16.8 Å². The van der Waals surface area contributed by atoms with Crippen molar-refractivity contribution in [1.29, 1.82) is 0 Å². The number of anilines is 1. The van der Waals surface area contributed by atoms with Crippen molar-refractivity contribution in [3.63, 3.8) is 0 Å². The number of aromatic amines is 1. The fourth-order valence-corrected chi connectivity index (χ4v) is 3.00. The summed E-state index contributed by atoms with van der Waals surface area (Å²) in [6, 6.07) is 10.7. The molecule has 0 saturated carbocycles. The van der Waals surface area contributed by atoms with E-state index in [1.165, 1.54) is 6.07 Å². The van der Waals surface area contributed by atoms with Crippen molar-refractivity contribution in [2.45, 2.75) is 18.9 Å². The number of halogens is 1. The molecule has 5 heteroatoms. The molecule has 1 heterocycles. The van der Waals surface area contributed by atoms with E-state index in [0.717, 1.165) is 29.7 Å². The molecule has 1 unspecified atom stereocenters. The van der Waals surface area contributed by atoms with Crippen LogP contribution in [0.2, 0.25) is 0 Å². The van der Waals surface area contributed by atoms with Gasteiger partial charge in [0.2, 0.25) is 0 Å². The zero-order chi connectivity index (χ0) is 14.4. The van der Waals surface area contributed by atoms with Gasteiger partial charge in [-0.15, -0.1) is 0 Å². The van der Waals surface area contributed by atoms with Gasteiger partial charge in [0.05, 0.1) is 11.6 Å². The van der Waals surface area contributed by atoms with Gasteiger partial charge < -0.3 is 9.73 Å². The summed E-state index contributed by atoms with van der Waals surface area (Å²) in [5, 5.41) is 3.40. The predicted molar refractivity (Wildman–Crippen MR) is 77.9 cm³/mol. The molecule has 106 valence electrons. The van der Waals surface area contributed by atoms with Crippen LogP contribution in [0.1, 0.15) is 23.6 Å². The Morgan fingerprint density at radius 3 is 3.10 bits per heavy atom. The van der Waals surface area contributed by atoms with Gasteiger partial charge in [-0.05, 0) is 48.2 Å². The summed E-state index contributed by atoms with van der Waals surface area (Å²) in [7, 11) is 0. The van der Waals surface area contributed by atoms with Crippen LogP contribution in [0.15, 0.2) is 45.6 Å². The molecule has 0 fully saturated rings. The van der Waals surface area contributed by atoms with Crippen molar-refractivity contribution < 1.29 is 8.81 Å². The number of rotatable bonds is 2. The van der Waals surface area contributed by atoms with Crippen LogP contribution in [0, 0.1) is 5.82 Å². The molecule has 0 bridgehead atoms. The average molecular weight is 284 g/mol. The van der Waals surface area contributed by atoms with Crippen LogP contribution in [0.5, 0.6) is 0 Å². The van der Waals surface area contributed by atoms with Crippen LogP contribution >= 0.6 is 0 Å². The van der Waals surface area contributed by atoms with E-state index < -0.39 is 5.76 Å². The van der Waals surface area contributed by atoms with Gasteiger partial charge in [0.1, 0.15) is 5.82 Å². The maximum Gasteiger partial charge on any atom is 0.417 e. The molecule has 0 aliphatic heterocycles. The van der Waals surface area contributed by atoms with E-state index in [0.29, 0.717) is 11.1 Å². The lowest BCUT2D eigenvalue weighted by atomic mass is 10.1. The number of H-pyrrole nitrogens is 1. The van der Waals surface area contributed by atoms with Crippen molar-refractivity contribution in [2.24, 2.45) is 0 Å². The van der Waals surface area contributed by atoms with E-state index >= 15 is 0 Å². The van der Waals surface area contributed by atoms with Crippen LogP contribution < -0.4 is 11.1 Å². The number of fused-ring (bicyclic) bond motifs is 2. The highest BCUT2D eigenvalue weighted by Crippen LogP contribution is 2.35. The summed E-state index contributed by atoms with van der Waals surface area (Å²) >= 11 is 0. The molecule has 21 heavy (non-hydrogen) atoms. The minimum absolute atomic E-state index is 0.0896. The second kappa shape index (κ2) is 4.48. The van der Waals surface area contributed by atoms with Gasteiger partial charge in [-0.25, -0.2) is 9.18 Å². The lowest BCUT2D eigenvalue weighted by Gasteiger charge is -2.15. The molecule has 2 aromatic carbocycles. The fraction of sp³-hybridized carbons (Fsp3) is 0.188. The molecule has 3 aromatic rings. The summed E-state index contributed by atoms with van der Waals surface area (Å²) in [5.74, 6) is -0.596. The Hall–Kier alpha value is -2.56. The molecule has 2 N–H and O–H groups in total. The molecule has 0 spiro atoms. The first-order valence-corrected chi connectivity index (χ1v) is 6.87. The van der Waals surface area contributed by atoms with Gasteiger partial charge in [-0.1, -0.05) is 12.1 Å². The predicted octanol–water partition coefficient (Wildman–Crippen LogP) is 3.36. The number of nitrogens with one attached hydrogen (secondary N) is 2. The Kier molecular flexibility index (Phi) is 2.60. The van der Waals surface area contributed by atoms with Crippen molar-refractivity contribution in [3.05, 3.63) is 63.9 Å². The Morgan fingerprint density at radius 2 is 2.19 bits per heavy atom. The van der Waals surface area contributed by atoms with E-state index in [-0.39, 0.29) is 11.9 Å². The topological polar surface area (TPSA) is 58.0 Å². The molecule has 1 aromatic heterocycles. The molecule has 4 nitrogen and oxygen atoms in total. The van der Waals surface area contributed by atoms with E-state index in [9.17, 15) is 9.18 Å². The summed E-state index contributed by atoms with van der Waals surface area (Å²) in [5.41, 5.74) is 3.87. The van der Waals surface area contributed by atoms with Crippen LogP contribution in [0.3, 0.4) is 0 Å². The summed E-state index contributed by atoms with van der Waals surface area (Å²) in [6.07, 6.45) is 1.60. The number of hydrogen-bond acceptors (Lipinski definition) is 3. The highest BCUT2D eigenvalue weighted by molar-refractivity contribution is 5.77. The van der Waals surface area contributed by atoms with Crippen LogP contribution in [0.4, 0.5) is 10.1 Å². The molecule has 1 atom stereocenters. The van der Waals surface area contributed by atoms with Crippen molar-refractivity contribution in [2.75, 3.05) is 5.32 Å². The van der Waals surface area contributed by atoms with E-state index in [1.54, 1.807) is 12.1 Å². The highest BCUT2D eigenvalue weighted by Gasteiger charge is 2.24. The highest BCUT2D eigenvalue weighted by atomic mass is 19.1. The molecule has 0 radical (unpaired) electrons. The Labute approximate surface area is 119 Å². The van der Waals surface area contributed by atoms with Crippen molar-refractivity contribution in [3.8, 4) is 0 Å². The first-order chi connectivity index (χ1) is 10.2. The Morgan fingerprint density at radius 1 is 1.29 bits per heavy atom. The maximum absolute atomic E-state index is 13.7. The van der Waals surface area contributed by atoms with Crippen LogP contribution in [-0.4, -0.2) is 4.98 Å². The lowest BCUT2D eigenvalue weighted by Crippen LogP contribution is -2.07. The Bertz CT molecular complexity index is 881. The minimum atomic E-state index is -0.463. The van der Waals surface area contributed by atoms with Gasteiger partial charge in [0.25, 0.3) is 0 Å². The second-order valence-corrected chi connectivity index (χ2v) is 5.27. The summed E-state index contributed by atoms with van der Waals surface area (Å²) < 4.78 is 18.7. The van der Waals surface area contributed by atoms with E-state index in [1.807, 2.05) is 18.2 Å².